The summed E-state index contributed by atoms with van der Waals surface area (Å²) < 4.78 is 32.2. The van der Waals surface area contributed by atoms with E-state index in [4.69, 9.17) is 33.5 Å². The van der Waals surface area contributed by atoms with Crippen LogP contribution in [0.4, 0.5) is 0 Å². The summed E-state index contributed by atoms with van der Waals surface area (Å²) in [5, 5.41) is 29.8. The number of phenolic OH excluding ortho intramolecular Hbond substituents is 1. The Balaban J connectivity index is 2.01. The number of hydrogen-bond donors (Lipinski definition) is 5. The number of aromatic nitrogens is 1. The largest absolute Gasteiger partial charge is 0.508 e. The number of methoxy groups -OCH3 is 1. The van der Waals surface area contributed by atoms with E-state index in [1.165, 1.54) is 26.2 Å². The van der Waals surface area contributed by atoms with E-state index in [-0.39, 0.29) is 93.4 Å². The maximum atomic E-state index is 13.7. The number of rotatable bonds is 30. The molecule has 2 rings (SSSR count). The molecule has 0 spiro atoms. The molecule has 19 heteroatoms. The molecule has 354 valence electrons. The van der Waals surface area contributed by atoms with Gasteiger partial charge in [-0.25, -0.2) is 4.98 Å². The predicted molar refractivity (Wildman–Crippen MR) is 232 cm³/mol. The summed E-state index contributed by atoms with van der Waals surface area (Å²) in [6, 6.07) is 5.68. The third kappa shape index (κ3) is 22.5. The average molecular weight is 909 g/mol. The molecular formula is C44H68N4O14S. The van der Waals surface area contributed by atoms with Crippen LogP contribution in [0.15, 0.2) is 29.6 Å². The smallest absolute Gasteiger partial charge is 0.309 e. The van der Waals surface area contributed by atoms with Gasteiger partial charge < -0.3 is 49.3 Å². The van der Waals surface area contributed by atoms with Gasteiger partial charge >= 0.3 is 23.9 Å². The van der Waals surface area contributed by atoms with E-state index in [0.717, 1.165) is 16.9 Å². The summed E-state index contributed by atoms with van der Waals surface area (Å²) in [4.78, 5) is 80.3. The number of carbonyl (C=O) groups is 6. The second-order valence-corrected chi connectivity index (χ2v) is 17.2. The summed E-state index contributed by atoms with van der Waals surface area (Å²) >= 11 is 1.16. The van der Waals surface area contributed by atoms with Gasteiger partial charge in [0.1, 0.15) is 35.9 Å². The van der Waals surface area contributed by atoms with Crippen LogP contribution in [0.25, 0.3) is 0 Å². The van der Waals surface area contributed by atoms with Crippen LogP contribution in [-0.4, -0.2) is 115 Å². The Morgan fingerprint density at radius 1 is 0.873 bits per heavy atom. The van der Waals surface area contributed by atoms with Crippen molar-refractivity contribution in [1.29, 1.82) is 0 Å². The molecule has 0 aliphatic heterocycles. The van der Waals surface area contributed by atoms with Crippen LogP contribution in [0.1, 0.15) is 121 Å². The van der Waals surface area contributed by atoms with Gasteiger partial charge in [-0.1, -0.05) is 46.8 Å². The molecule has 0 radical (unpaired) electrons. The zero-order valence-electron chi connectivity index (χ0n) is 38.0. The highest BCUT2D eigenvalue weighted by atomic mass is 32.1. The Bertz CT molecular complexity index is 1720. The molecule has 0 saturated heterocycles. The minimum absolute atomic E-state index is 0.0141. The molecule has 0 aliphatic carbocycles. The van der Waals surface area contributed by atoms with Crippen molar-refractivity contribution in [2.24, 2.45) is 17.8 Å². The molecule has 18 nitrogen and oxygen atoms in total. The van der Waals surface area contributed by atoms with Gasteiger partial charge in [0.05, 0.1) is 25.2 Å². The minimum atomic E-state index is -0.832. The van der Waals surface area contributed by atoms with E-state index in [1.807, 2.05) is 27.7 Å². The molecule has 0 aliphatic rings. The Hall–Kier alpha value is -4.69. The molecule has 7 atom stereocenters. The number of carbonyl (C=O) groups excluding carboxylic acids is 6. The van der Waals surface area contributed by atoms with Gasteiger partial charge in [0.2, 0.25) is 5.91 Å². The Kier molecular flexibility index (Phi) is 25.0. The molecule has 1 aromatic heterocycles. The van der Waals surface area contributed by atoms with Crippen LogP contribution < -0.4 is 16.0 Å². The van der Waals surface area contributed by atoms with E-state index in [2.05, 4.69) is 20.9 Å². The van der Waals surface area contributed by atoms with Crippen molar-refractivity contribution in [2.75, 3.05) is 33.6 Å². The number of nitrogens with zero attached hydrogens (tertiary/aromatic N) is 1. The van der Waals surface area contributed by atoms with Gasteiger partial charge in [-0.15, -0.1) is 11.3 Å². The lowest BCUT2D eigenvalue weighted by atomic mass is 9.96. The van der Waals surface area contributed by atoms with Gasteiger partial charge in [-0.2, -0.15) is 0 Å². The number of aliphatic hydroxyl groups is 1. The normalized spacial score (nSPS) is 14.7. The monoisotopic (exact) mass is 908 g/mol. The highest BCUT2D eigenvalue weighted by Crippen LogP contribution is 2.29. The third-order valence-electron chi connectivity index (χ3n) is 9.53. The van der Waals surface area contributed by atoms with Gasteiger partial charge in [0.25, 0.3) is 5.91 Å². The van der Waals surface area contributed by atoms with Crippen molar-refractivity contribution in [3.63, 3.8) is 0 Å². The fraction of sp³-hybridized carbons (Fsp3) is 0.659. The maximum absolute atomic E-state index is 13.7. The van der Waals surface area contributed by atoms with Crippen molar-refractivity contribution in [2.45, 2.75) is 137 Å². The van der Waals surface area contributed by atoms with Crippen LogP contribution in [0.5, 0.6) is 5.75 Å². The molecular weight excluding hydrogens is 841 g/mol. The molecule has 0 saturated carbocycles. The number of aromatic hydroxyl groups is 1. The van der Waals surface area contributed by atoms with Crippen molar-refractivity contribution in [3.05, 3.63) is 45.9 Å². The number of ether oxygens (including phenoxy) is 6. The number of esters is 4. The SMILES string of the molecule is COC(COC(=O)CCCC(=O)NCC(C)OC(=O)[C@@H](C)C[C@H](Cc1ccc(O)cc1)NC(=O)c1csc([C@@H](C[C@@H](NCOC(=O)CC(C)C)C(C)C)OC(C)=O)n1)OC(C)CO. The summed E-state index contributed by atoms with van der Waals surface area (Å²) in [6.45, 7) is 13.7. The Morgan fingerprint density at radius 2 is 1.57 bits per heavy atom. The highest BCUT2D eigenvalue weighted by molar-refractivity contribution is 7.09. The van der Waals surface area contributed by atoms with E-state index >= 15 is 0 Å². The van der Waals surface area contributed by atoms with Crippen LogP contribution >= 0.6 is 11.3 Å². The van der Waals surface area contributed by atoms with E-state index in [0.29, 0.717) is 24.3 Å². The quantitative estimate of drug-likeness (QED) is 0.0411. The highest BCUT2D eigenvalue weighted by Gasteiger charge is 2.29. The van der Waals surface area contributed by atoms with Gasteiger partial charge in [0.15, 0.2) is 12.4 Å². The first-order valence-corrected chi connectivity index (χ1v) is 22.2. The number of aliphatic hydroxyl groups excluding tert-OH is 1. The van der Waals surface area contributed by atoms with Crippen molar-refractivity contribution in [1.82, 2.24) is 20.9 Å². The zero-order valence-corrected chi connectivity index (χ0v) is 38.8. The molecule has 1 aromatic carbocycles. The standard InChI is InChI=1S/C44H68N4O14S/c1-26(2)17-40(54)59-25-46-35(27(3)4)20-37(62-31(8)50)43-48-36(24-63-43)42(55)47-33(19-32-13-15-34(51)16-14-32)18-28(5)44(56)61-29(6)21-45-38(52)11-10-12-39(53)58-23-41(57-9)60-30(7)22-49/h13-16,24,26-30,33,35,37,41,46,49,51H,10-12,17-23,25H2,1-9H3,(H,45,52)(H,47,55)/t28-,29?,30?,33+,35+,37+,41?/m0/s1. The Morgan fingerprint density at radius 3 is 2.19 bits per heavy atom. The summed E-state index contributed by atoms with van der Waals surface area (Å²) in [6.07, 6.45) is -1.48. The fourth-order valence-corrected chi connectivity index (χ4v) is 6.91. The first-order valence-electron chi connectivity index (χ1n) is 21.3. The summed E-state index contributed by atoms with van der Waals surface area (Å²) in [5.74, 6) is -3.17. The lowest BCUT2D eigenvalue weighted by Crippen LogP contribution is -2.40. The molecule has 5 N–H and O–H groups in total. The van der Waals surface area contributed by atoms with E-state index < -0.39 is 60.4 Å². The second-order valence-electron chi connectivity index (χ2n) is 16.3. The predicted octanol–water partition coefficient (Wildman–Crippen LogP) is 4.50. The fourth-order valence-electron chi connectivity index (χ4n) is 6.07. The maximum Gasteiger partial charge on any atom is 0.309 e. The zero-order chi connectivity index (χ0) is 47.1. The van der Waals surface area contributed by atoms with E-state index in [9.17, 15) is 33.9 Å². The van der Waals surface area contributed by atoms with Crippen molar-refractivity contribution in [3.8, 4) is 5.75 Å². The number of nitrogens with one attached hydrogen (secondary N) is 3. The molecule has 63 heavy (non-hydrogen) atoms. The number of hydrogen-bond acceptors (Lipinski definition) is 17. The number of thiazole rings is 1. The van der Waals surface area contributed by atoms with Crippen molar-refractivity contribution >= 4 is 47.0 Å². The van der Waals surface area contributed by atoms with Gasteiger partial charge in [-0.05, 0) is 62.6 Å². The second kappa shape index (κ2) is 28.9. The molecule has 2 amide bonds. The molecule has 0 bridgehead atoms. The lowest BCUT2D eigenvalue weighted by Gasteiger charge is -2.26. The molecule has 1 heterocycles. The molecule has 2 aromatic rings. The van der Waals surface area contributed by atoms with Gasteiger partial charge in [-0.3, -0.25) is 34.1 Å². The first kappa shape index (κ1) is 54.4. The van der Waals surface area contributed by atoms with Crippen LogP contribution in [-0.2, 0) is 58.8 Å². The summed E-state index contributed by atoms with van der Waals surface area (Å²) in [5.41, 5.74) is 0.883. The lowest BCUT2D eigenvalue weighted by molar-refractivity contribution is -0.191. The number of benzene rings is 1. The Labute approximate surface area is 374 Å². The number of amides is 2. The third-order valence-corrected chi connectivity index (χ3v) is 10.5. The van der Waals surface area contributed by atoms with Crippen molar-refractivity contribution < 1.29 is 67.4 Å². The van der Waals surface area contributed by atoms with Gasteiger partial charge in [0, 0.05) is 57.2 Å². The topological polar surface area (TPSA) is 247 Å². The summed E-state index contributed by atoms with van der Waals surface area (Å²) in [7, 11) is 1.39. The molecule has 0 fully saturated rings. The minimum Gasteiger partial charge on any atom is -0.508 e. The average Bonchev–Trinajstić information content (AvgIpc) is 3.72. The van der Waals surface area contributed by atoms with Crippen LogP contribution in [0, 0.1) is 17.8 Å². The van der Waals surface area contributed by atoms with E-state index in [1.54, 1.807) is 38.3 Å². The van der Waals surface area contributed by atoms with Crippen LogP contribution in [0.2, 0.25) is 0 Å². The number of phenols is 1. The first-order chi connectivity index (χ1) is 29.8. The molecule has 3 unspecified atom stereocenters. The van der Waals surface area contributed by atoms with Crippen LogP contribution in [0.3, 0.4) is 0 Å².